The van der Waals surface area contributed by atoms with Crippen molar-refractivity contribution in [3.8, 4) is 0 Å². The average Bonchev–Trinajstić information content (AvgIpc) is 2.44. The van der Waals surface area contributed by atoms with Crippen LogP contribution in [0.15, 0.2) is 12.2 Å². The highest BCUT2D eigenvalue weighted by Gasteiger charge is 2.40. The Labute approximate surface area is 119 Å². The first kappa shape index (κ1) is 16.7. The van der Waals surface area contributed by atoms with Gasteiger partial charge in [0.05, 0.1) is 20.3 Å². The van der Waals surface area contributed by atoms with Crippen molar-refractivity contribution < 1.29 is 24.2 Å². The molecular formula is C15H24O5. The van der Waals surface area contributed by atoms with Crippen LogP contribution in [0.4, 0.5) is 0 Å². The number of rotatable bonds is 5. The maximum Gasteiger partial charge on any atom is 0.320 e. The molecule has 0 fully saturated rings. The van der Waals surface area contributed by atoms with Crippen LogP contribution in [0.5, 0.6) is 0 Å². The van der Waals surface area contributed by atoms with Gasteiger partial charge in [0, 0.05) is 0 Å². The molecule has 0 radical (unpaired) electrons. The van der Waals surface area contributed by atoms with Gasteiger partial charge in [0.25, 0.3) is 0 Å². The smallest absolute Gasteiger partial charge is 0.320 e. The summed E-state index contributed by atoms with van der Waals surface area (Å²) in [5.41, 5.74) is -0.352. The molecule has 0 amide bonds. The lowest BCUT2D eigenvalue weighted by molar-refractivity contribution is -0.159. The lowest BCUT2D eigenvalue weighted by atomic mass is 9.66. The summed E-state index contributed by atoms with van der Waals surface area (Å²) < 4.78 is 9.29. The van der Waals surface area contributed by atoms with Crippen molar-refractivity contribution in [1.82, 2.24) is 0 Å². The van der Waals surface area contributed by atoms with Crippen LogP contribution in [0.1, 0.15) is 33.1 Å². The first-order valence-corrected chi connectivity index (χ1v) is 6.87. The van der Waals surface area contributed by atoms with E-state index in [0.717, 1.165) is 6.42 Å². The largest absolute Gasteiger partial charge is 0.468 e. The van der Waals surface area contributed by atoms with Crippen molar-refractivity contribution in [2.45, 2.75) is 39.2 Å². The number of ether oxygens (including phenoxy) is 2. The standard InChI is InChI=1S/C15H24O5/c1-10-6-5-7-12(16)15(10,2)9-8-11(13(17)19-3)14(18)20-4/h5,7,10-12,16H,6,8-9H2,1-4H3/t10-,12+,15-/m0/s1. The summed E-state index contributed by atoms with van der Waals surface area (Å²) in [5, 5.41) is 10.2. The molecule has 0 aromatic carbocycles. The quantitative estimate of drug-likeness (QED) is 0.472. The number of hydrogen-bond acceptors (Lipinski definition) is 5. The van der Waals surface area contributed by atoms with E-state index in [1.807, 2.05) is 13.0 Å². The lowest BCUT2D eigenvalue weighted by Gasteiger charge is -2.41. The van der Waals surface area contributed by atoms with E-state index < -0.39 is 24.0 Å². The van der Waals surface area contributed by atoms with Crippen molar-refractivity contribution in [1.29, 1.82) is 0 Å². The predicted octanol–water partition coefficient (Wildman–Crippen LogP) is 1.69. The first-order valence-electron chi connectivity index (χ1n) is 6.87. The van der Waals surface area contributed by atoms with Crippen LogP contribution in [0.25, 0.3) is 0 Å². The van der Waals surface area contributed by atoms with E-state index in [-0.39, 0.29) is 11.3 Å². The Morgan fingerprint density at radius 1 is 1.35 bits per heavy atom. The van der Waals surface area contributed by atoms with E-state index in [2.05, 4.69) is 16.4 Å². The molecule has 0 saturated carbocycles. The monoisotopic (exact) mass is 284 g/mol. The molecule has 5 heteroatoms. The molecule has 1 rings (SSSR count). The van der Waals surface area contributed by atoms with Gasteiger partial charge in [-0.1, -0.05) is 26.0 Å². The van der Waals surface area contributed by atoms with E-state index in [1.165, 1.54) is 14.2 Å². The fourth-order valence-electron chi connectivity index (χ4n) is 2.66. The van der Waals surface area contributed by atoms with Crippen molar-refractivity contribution in [3.63, 3.8) is 0 Å². The Morgan fingerprint density at radius 3 is 2.35 bits per heavy atom. The zero-order valence-corrected chi connectivity index (χ0v) is 12.6. The van der Waals surface area contributed by atoms with Crippen LogP contribution in [-0.4, -0.2) is 37.4 Å². The average molecular weight is 284 g/mol. The number of carbonyl (C=O) groups excluding carboxylic acids is 2. The summed E-state index contributed by atoms with van der Waals surface area (Å²) in [6.45, 7) is 4.05. The predicted molar refractivity (Wildman–Crippen MR) is 73.8 cm³/mol. The molecule has 0 aliphatic heterocycles. The van der Waals surface area contributed by atoms with E-state index >= 15 is 0 Å². The van der Waals surface area contributed by atoms with Gasteiger partial charge in [-0.2, -0.15) is 0 Å². The summed E-state index contributed by atoms with van der Waals surface area (Å²) in [5.74, 6) is -1.83. The number of hydrogen-bond donors (Lipinski definition) is 1. The maximum absolute atomic E-state index is 11.7. The number of aliphatic hydroxyl groups excluding tert-OH is 1. The van der Waals surface area contributed by atoms with Crippen molar-refractivity contribution in [2.24, 2.45) is 17.3 Å². The van der Waals surface area contributed by atoms with E-state index in [4.69, 9.17) is 0 Å². The second-order valence-electron chi connectivity index (χ2n) is 5.65. The summed E-state index contributed by atoms with van der Waals surface area (Å²) in [7, 11) is 2.50. The molecular weight excluding hydrogens is 260 g/mol. The number of carbonyl (C=O) groups is 2. The molecule has 0 spiro atoms. The third-order valence-corrected chi connectivity index (χ3v) is 4.55. The molecule has 1 N–H and O–H groups in total. The Hall–Kier alpha value is -1.36. The highest BCUT2D eigenvalue weighted by Crippen LogP contribution is 2.42. The van der Waals surface area contributed by atoms with Gasteiger partial charge in [0.1, 0.15) is 0 Å². The van der Waals surface area contributed by atoms with E-state index in [9.17, 15) is 14.7 Å². The second-order valence-corrected chi connectivity index (χ2v) is 5.65. The number of allylic oxidation sites excluding steroid dienone is 1. The van der Waals surface area contributed by atoms with Crippen LogP contribution in [0.3, 0.4) is 0 Å². The molecule has 20 heavy (non-hydrogen) atoms. The summed E-state index contributed by atoms with van der Waals surface area (Å²) in [6.07, 6.45) is 4.93. The van der Waals surface area contributed by atoms with E-state index in [0.29, 0.717) is 12.8 Å². The molecule has 0 saturated heterocycles. The number of aliphatic hydroxyl groups is 1. The van der Waals surface area contributed by atoms with Crippen molar-refractivity contribution >= 4 is 11.9 Å². The maximum atomic E-state index is 11.7. The lowest BCUT2D eigenvalue weighted by Crippen LogP contribution is -2.40. The van der Waals surface area contributed by atoms with Crippen LogP contribution in [0, 0.1) is 17.3 Å². The molecule has 0 unspecified atom stereocenters. The highest BCUT2D eigenvalue weighted by atomic mass is 16.5. The van der Waals surface area contributed by atoms with Crippen molar-refractivity contribution in [3.05, 3.63) is 12.2 Å². The molecule has 5 nitrogen and oxygen atoms in total. The fourth-order valence-corrected chi connectivity index (χ4v) is 2.66. The summed E-state index contributed by atoms with van der Waals surface area (Å²) >= 11 is 0. The first-order chi connectivity index (χ1) is 9.36. The SMILES string of the molecule is COC(=O)C(CC[C@]1(C)[C@H](O)C=CC[C@@H]1C)C(=O)OC. The van der Waals surface area contributed by atoms with Crippen LogP contribution in [0.2, 0.25) is 0 Å². The Balaban J connectivity index is 2.78. The zero-order valence-electron chi connectivity index (χ0n) is 12.6. The minimum Gasteiger partial charge on any atom is -0.468 e. The van der Waals surface area contributed by atoms with Crippen LogP contribution < -0.4 is 0 Å². The van der Waals surface area contributed by atoms with Crippen molar-refractivity contribution in [2.75, 3.05) is 14.2 Å². The van der Waals surface area contributed by atoms with E-state index in [1.54, 1.807) is 6.08 Å². The summed E-state index contributed by atoms with van der Waals surface area (Å²) in [4.78, 5) is 23.3. The normalized spacial score (nSPS) is 29.3. The number of methoxy groups -OCH3 is 2. The Morgan fingerprint density at radius 2 is 1.90 bits per heavy atom. The topological polar surface area (TPSA) is 72.8 Å². The molecule has 0 heterocycles. The third-order valence-electron chi connectivity index (χ3n) is 4.55. The summed E-state index contributed by atoms with van der Waals surface area (Å²) in [6, 6.07) is 0. The van der Waals surface area contributed by atoms with Crippen LogP contribution in [-0.2, 0) is 19.1 Å². The van der Waals surface area contributed by atoms with Crippen LogP contribution >= 0.6 is 0 Å². The second kappa shape index (κ2) is 6.88. The van der Waals surface area contributed by atoms with Gasteiger partial charge in [-0.05, 0) is 30.6 Å². The minimum atomic E-state index is -0.924. The van der Waals surface area contributed by atoms with Gasteiger partial charge in [0.2, 0.25) is 0 Å². The minimum absolute atomic E-state index is 0.276. The molecule has 0 aromatic rings. The van der Waals surface area contributed by atoms with Gasteiger partial charge >= 0.3 is 11.9 Å². The molecule has 3 atom stereocenters. The third kappa shape index (κ3) is 3.39. The zero-order chi connectivity index (χ0) is 15.3. The Bertz CT molecular complexity index is 374. The van der Waals surface area contributed by atoms with Gasteiger partial charge < -0.3 is 14.6 Å². The molecule has 114 valence electrons. The highest BCUT2D eigenvalue weighted by molar-refractivity contribution is 5.94. The molecule has 0 aromatic heterocycles. The Kier molecular flexibility index (Phi) is 5.74. The van der Waals surface area contributed by atoms with Gasteiger partial charge in [-0.3, -0.25) is 9.59 Å². The molecule has 0 bridgehead atoms. The molecule has 1 aliphatic carbocycles. The fraction of sp³-hybridized carbons (Fsp3) is 0.733. The number of esters is 2. The van der Waals surface area contributed by atoms with Gasteiger partial charge in [-0.15, -0.1) is 0 Å². The van der Waals surface area contributed by atoms with Gasteiger partial charge in [0.15, 0.2) is 5.92 Å². The molecule has 1 aliphatic rings. The van der Waals surface area contributed by atoms with Gasteiger partial charge in [-0.25, -0.2) is 0 Å².